The number of ether oxygens (including phenoxy) is 1. The third kappa shape index (κ3) is 2.04. The molecule has 2 rings (SSSR count). The highest BCUT2D eigenvalue weighted by Crippen LogP contribution is 2.32. The standard InChI is InChI=1S/C11H16N2O2/c1-3-15-9-5-4-6-12-10(9)13-7-11(2,14)8-13/h4-6,14H,3,7-8H2,1-2H3. The Balaban J connectivity index is 2.14. The van der Waals surface area contributed by atoms with E-state index in [0.717, 1.165) is 11.6 Å². The van der Waals surface area contributed by atoms with Gasteiger partial charge < -0.3 is 14.7 Å². The van der Waals surface area contributed by atoms with Gasteiger partial charge in [0.1, 0.15) is 0 Å². The molecule has 1 aliphatic heterocycles. The Morgan fingerprint density at radius 2 is 2.33 bits per heavy atom. The average molecular weight is 208 g/mol. The zero-order chi connectivity index (χ0) is 10.9. The molecule has 2 heterocycles. The lowest BCUT2D eigenvalue weighted by molar-refractivity contribution is 0.0302. The lowest BCUT2D eigenvalue weighted by Crippen LogP contribution is -2.60. The van der Waals surface area contributed by atoms with Gasteiger partial charge in [0.25, 0.3) is 0 Å². The van der Waals surface area contributed by atoms with Crippen LogP contribution in [0.25, 0.3) is 0 Å². The van der Waals surface area contributed by atoms with Crippen LogP contribution in [-0.4, -0.2) is 35.4 Å². The van der Waals surface area contributed by atoms with Gasteiger partial charge in [-0.15, -0.1) is 0 Å². The van der Waals surface area contributed by atoms with Gasteiger partial charge in [0, 0.05) is 19.3 Å². The summed E-state index contributed by atoms with van der Waals surface area (Å²) in [4.78, 5) is 6.29. The quantitative estimate of drug-likeness (QED) is 0.806. The molecule has 0 atom stereocenters. The fourth-order valence-electron chi connectivity index (χ4n) is 1.81. The van der Waals surface area contributed by atoms with Crippen LogP contribution in [0.15, 0.2) is 18.3 Å². The lowest BCUT2D eigenvalue weighted by Gasteiger charge is -2.45. The van der Waals surface area contributed by atoms with Crippen LogP contribution < -0.4 is 9.64 Å². The molecule has 4 heteroatoms. The zero-order valence-electron chi connectivity index (χ0n) is 9.10. The van der Waals surface area contributed by atoms with Gasteiger partial charge in [0.15, 0.2) is 11.6 Å². The minimum Gasteiger partial charge on any atom is -0.490 e. The van der Waals surface area contributed by atoms with Gasteiger partial charge in [-0.1, -0.05) is 0 Å². The first kappa shape index (κ1) is 10.2. The molecule has 0 spiro atoms. The van der Waals surface area contributed by atoms with Crippen molar-refractivity contribution in [2.75, 3.05) is 24.6 Å². The average Bonchev–Trinajstić information content (AvgIpc) is 2.15. The summed E-state index contributed by atoms with van der Waals surface area (Å²) in [6.45, 7) is 5.63. The van der Waals surface area contributed by atoms with E-state index in [-0.39, 0.29) is 0 Å². The number of hydrogen-bond acceptors (Lipinski definition) is 4. The summed E-state index contributed by atoms with van der Waals surface area (Å²) in [6.07, 6.45) is 1.74. The first-order chi connectivity index (χ1) is 7.12. The molecule has 0 amide bonds. The molecule has 0 bridgehead atoms. The van der Waals surface area contributed by atoms with E-state index < -0.39 is 5.60 Å². The Morgan fingerprint density at radius 1 is 1.60 bits per heavy atom. The van der Waals surface area contributed by atoms with Crippen molar-refractivity contribution >= 4 is 5.82 Å². The summed E-state index contributed by atoms with van der Waals surface area (Å²) in [7, 11) is 0. The molecule has 1 aliphatic rings. The Morgan fingerprint density at radius 3 is 2.93 bits per heavy atom. The van der Waals surface area contributed by atoms with E-state index in [1.165, 1.54) is 0 Å². The molecule has 1 aromatic heterocycles. The van der Waals surface area contributed by atoms with Gasteiger partial charge in [-0.25, -0.2) is 4.98 Å². The van der Waals surface area contributed by atoms with Crippen LogP contribution >= 0.6 is 0 Å². The largest absolute Gasteiger partial charge is 0.490 e. The number of nitrogens with zero attached hydrogens (tertiary/aromatic N) is 2. The van der Waals surface area contributed by atoms with Crippen LogP contribution in [-0.2, 0) is 0 Å². The molecule has 4 nitrogen and oxygen atoms in total. The van der Waals surface area contributed by atoms with Gasteiger partial charge in [0.05, 0.1) is 12.2 Å². The minimum atomic E-state index is -0.582. The lowest BCUT2D eigenvalue weighted by atomic mass is 9.97. The van der Waals surface area contributed by atoms with Crippen molar-refractivity contribution in [3.8, 4) is 5.75 Å². The fourth-order valence-corrected chi connectivity index (χ4v) is 1.81. The number of aromatic nitrogens is 1. The number of hydrogen-bond donors (Lipinski definition) is 1. The molecule has 1 saturated heterocycles. The molecule has 1 aromatic rings. The van der Waals surface area contributed by atoms with Crippen LogP contribution in [0.3, 0.4) is 0 Å². The second kappa shape index (κ2) is 3.70. The smallest absolute Gasteiger partial charge is 0.171 e. The van der Waals surface area contributed by atoms with E-state index in [0.29, 0.717) is 19.7 Å². The minimum absolute atomic E-state index is 0.582. The van der Waals surface area contributed by atoms with Gasteiger partial charge in [-0.3, -0.25) is 0 Å². The first-order valence-electron chi connectivity index (χ1n) is 5.17. The van der Waals surface area contributed by atoms with Crippen molar-refractivity contribution in [2.45, 2.75) is 19.4 Å². The molecule has 1 N–H and O–H groups in total. The predicted octanol–water partition coefficient (Wildman–Crippen LogP) is 1.05. The number of anilines is 1. The Kier molecular flexibility index (Phi) is 2.52. The summed E-state index contributed by atoms with van der Waals surface area (Å²) in [5, 5.41) is 9.66. The Hall–Kier alpha value is -1.29. The molecule has 0 unspecified atom stereocenters. The van der Waals surface area contributed by atoms with Crippen LogP contribution in [0.4, 0.5) is 5.82 Å². The van der Waals surface area contributed by atoms with Gasteiger partial charge in [-0.05, 0) is 26.0 Å². The van der Waals surface area contributed by atoms with Crippen LogP contribution in [0, 0.1) is 0 Å². The molecule has 1 fully saturated rings. The van der Waals surface area contributed by atoms with Crippen LogP contribution in [0.2, 0.25) is 0 Å². The van der Waals surface area contributed by atoms with E-state index >= 15 is 0 Å². The van der Waals surface area contributed by atoms with Crippen molar-refractivity contribution in [3.05, 3.63) is 18.3 Å². The van der Waals surface area contributed by atoms with Gasteiger partial charge in [-0.2, -0.15) is 0 Å². The summed E-state index contributed by atoms with van der Waals surface area (Å²) in [5.41, 5.74) is -0.582. The van der Waals surface area contributed by atoms with Crippen molar-refractivity contribution in [1.29, 1.82) is 0 Å². The van der Waals surface area contributed by atoms with Crippen molar-refractivity contribution in [2.24, 2.45) is 0 Å². The third-order valence-corrected chi connectivity index (χ3v) is 2.41. The maximum absolute atomic E-state index is 9.66. The highest BCUT2D eigenvalue weighted by Gasteiger charge is 2.38. The fraction of sp³-hybridized carbons (Fsp3) is 0.545. The first-order valence-corrected chi connectivity index (χ1v) is 5.17. The molecule has 15 heavy (non-hydrogen) atoms. The molecular formula is C11H16N2O2. The van der Waals surface area contributed by atoms with Crippen molar-refractivity contribution in [1.82, 2.24) is 4.98 Å². The third-order valence-electron chi connectivity index (χ3n) is 2.41. The molecule has 82 valence electrons. The Labute approximate surface area is 89.5 Å². The number of β-amino-alcohol motifs (C(OH)–C–C–N with tert-alkyl or cyclic N) is 1. The second-order valence-electron chi connectivity index (χ2n) is 4.11. The maximum Gasteiger partial charge on any atom is 0.171 e. The topological polar surface area (TPSA) is 45.6 Å². The number of pyridine rings is 1. The Bertz CT molecular complexity index is 344. The van der Waals surface area contributed by atoms with Gasteiger partial charge in [0.2, 0.25) is 0 Å². The van der Waals surface area contributed by atoms with E-state index in [2.05, 4.69) is 4.98 Å². The normalized spacial score (nSPS) is 18.5. The van der Waals surface area contributed by atoms with Gasteiger partial charge >= 0.3 is 0 Å². The number of aliphatic hydroxyl groups is 1. The zero-order valence-corrected chi connectivity index (χ0v) is 9.10. The van der Waals surface area contributed by atoms with E-state index in [9.17, 15) is 5.11 Å². The monoisotopic (exact) mass is 208 g/mol. The van der Waals surface area contributed by atoms with E-state index in [4.69, 9.17) is 4.74 Å². The summed E-state index contributed by atoms with van der Waals surface area (Å²) in [6, 6.07) is 3.76. The molecular weight excluding hydrogens is 192 g/mol. The highest BCUT2D eigenvalue weighted by molar-refractivity contribution is 5.54. The summed E-state index contributed by atoms with van der Waals surface area (Å²) >= 11 is 0. The predicted molar refractivity (Wildman–Crippen MR) is 58.2 cm³/mol. The summed E-state index contributed by atoms with van der Waals surface area (Å²) in [5.74, 6) is 1.61. The van der Waals surface area contributed by atoms with E-state index in [1.807, 2.05) is 30.9 Å². The molecule has 0 saturated carbocycles. The maximum atomic E-state index is 9.66. The highest BCUT2D eigenvalue weighted by atomic mass is 16.5. The molecule has 0 aromatic carbocycles. The number of rotatable bonds is 3. The van der Waals surface area contributed by atoms with Crippen LogP contribution in [0.5, 0.6) is 5.75 Å². The molecule has 0 radical (unpaired) electrons. The van der Waals surface area contributed by atoms with Crippen molar-refractivity contribution in [3.63, 3.8) is 0 Å². The summed E-state index contributed by atoms with van der Waals surface area (Å²) < 4.78 is 5.48. The van der Waals surface area contributed by atoms with Crippen molar-refractivity contribution < 1.29 is 9.84 Å². The second-order valence-corrected chi connectivity index (χ2v) is 4.11. The molecule has 0 aliphatic carbocycles. The SMILES string of the molecule is CCOc1cccnc1N1CC(C)(O)C1. The van der Waals surface area contributed by atoms with Crippen LogP contribution in [0.1, 0.15) is 13.8 Å². The van der Waals surface area contributed by atoms with E-state index in [1.54, 1.807) is 6.20 Å².